The van der Waals surface area contributed by atoms with Crippen molar-refractivity contribution in [3.63, 3.8) is 0 Å². The maximum absolute atomic E-state index is 14.3. The molecular formula is C23H23Cl2F3NO2+. The normalized spacial score (nSPS) is 19.3. The van der Waals surface area contributed by atoms with Crippen LogP contribution < -0.4 is 4.99 Å². The molecular weight excluding hydrogens is 450 g/mol. The van der Waals surface area contributed by atoms with E-state index in [2.05, 4.69) is 4.99 Å². The van der Waals surface area contributed by atoms with Crippen molar-refractivity contribution in [1.82, 2.24) is 0 Å². The van der Waals surface area contributed by atoms with Crippen molar-refractivity contribution in [2.75, 3.05) is 6.54 Å². The van der Waals surface area contributed by atoms with Gasteiger partial charge >= 0.3 is 12.1 Å². The molecule has 0 amide bonds. The van der Waals surface area contributed by atoms with Crippen LogP contribution in [0, 0.1) is 6.92 Å². The quantitative estimate of drug-likeness (QED) is 0.636. The van der Waals surface area contributed by atoms with E-state index in [-0.39, 0.29) is 28.6 Å². The molecule has 1 aliphatic heterocycles. The van der Waals surface area contributed by atoms with Crippen molar-refractivity contribution in [3.05, 3.63) is 68.7 Å². The highest BCUT2D eigenvalue weighted by Gasteiger charge is 2.62. The van der Waals surface area contributed by atoms with E-state index in [4.69, 9.17) is 27.9 Å². The predicted molar refractivity (Wildman–Crippen MR) is 115 cm³/mol. The van der Waals surface area contributed by atoms with Gasteiger partial charge in [-0.2, -0.15) is 13.2 Å². The first-order valence-corrected chi connectivity index (χ1v) is 10.4. The van der Waals surface area contributed by atoms with Crippen LogP contribution in [-0.4, -0.2) is 30.0 Å². The highest BCUT2D eigenvalue weighted by Crippen LogP contribution is 2.46. The Morgan fingerprint density at radius 1 is 1.06 bits per heavy atom. The van der Waals surface area contributed by atoms with Crippen LogP contribution in [0.2, 0.25) is 10.0 Å². The molecule has 0 aliphatic carbocycles. The third-order valence-corrected chi connectivity index (χ3v) is 5.67. The van der Waals surface area contributed by atoms with Gasteiger partial charge in [-0.3, -0.25) is 0 Å². The lowest BCUT2D eigenvalue weighted by Gasteiger charge is -2.29. The molecule has 166 valence electrons. The van der Waals surface area contributed by atoms with Gasteiger partial charge in [0, 0.05) is 15.6 Å². The van der Waals surface area contributed by atoms with Crippen LogP contribution in [0.15, 0.2) is 36.4 Å². The monoisotopic (exact) mass is 472 g/mol. The highest BCUT2D eigenvalue weighted by atomic mass is 35.5. The smallest absolute Gasteiger partial charge is 0.405 e. The fraction of sp³-hybridized carbons (Fsp3) is 0.391. The average Bonchev–Trinajstić information content (AvgIpc) is 3.06. The number of hydrogen-bond donors (Lipinski definition) is 1. The molecule has 1 heterocycles. The molecule has 0 fully saturated rings. The Morgan fingerprint density at radius 2 is 1.68 bits per heavy atom. The Labute approximate surface area is 189 Å². The zero-order chi connectivity index (χ0) is 23.2. The van der Waals surface area contributed by atoms with E-state index in [1.165, 1.54) is 18.2 Å². The van der Waals surface area contributed by atoms with Crippen molar-refractivity contribution < 1.29 is 27.7 Å². The molecule has 1 N–H and O–H groups in total. The van der Waals surface area contributed by atoms with E-state index in [0.29, 0.717) is 22.4 Å². The lowest BCUT2D eigenvalue weighted by atomic mass is 9.76. The van der Waals surface area contributed by atoms with E-state index < -0.39 is 23.2 Å². The second-order valence-corrected chi connectivity index (χ2v) is 9.65. The number of ether oxygens (including phenoxy) is 1. The lowest BCUT2D eigenvalue weighted by molar-refractivity contribution is -0.465. The zero-order valence-electron chi connectivity index (χ0n) is 17.6. The van der Waals surface area contributed by atoms with Gasteiger partial charge in [0.15, 0.2) is 17.7 Å². The summed E-state index contributed by atoms with van der Waals surface area (Å²) in [6.45, 7) is 6.70. The van der Waals surface area contributed by atoms with Crippen LogP contribution in [-0.2, 0) is 10.2 Å². The van der Waals surface area contributed by atoms with Crippen LogP contribution in [0.1, 0.15) is 54.2 Å². The summed E-state index contributed by atoms with van der Waals surface area (Å²) in [6.07, 6.45) is -4.82. The molecule has 0 saturated heterocycles. The standard InChI is InChI=1S/C23H22Cl2F3NO2/c1-13-7-14(5-6-18(13)20(30)31-21(2,3)4)19-11-22(12-29-19,23(26,27)28)15-8-16(24)10-17(25)9-15/h5-10H,11-12H2,1-4H3/p+1/t22-/m0/s1. The van der Waals surface area contributed by atoms with E-state index in [0.717, 1.165) is 0 Å². The molecule has 0 aromatic heterocycles. The summed E-state index contributed by atoms with van der Waals surface area (Å²) in [5, 5.41) is 0.300. The number of carbonyl (C=O) groups is 1. The molecule has 1 aliphatic rings. The number of aryl methyl sites for hydroxylation is 1. The summed E-state index contributed by atoms with van der Waals surface area (Å²) in [5.41, 5.74) is -0.765. The van der Waals surface area contributed by atoms with Crippen LogP contribution >= 0.6 is 23.2 Å². The first kappa shape index (κ1) is 23.6. The van der Waals surface area contributed by atoms with Crippen molar-refractivity contribution >= 4 is 34.9 Å². The van der Waals surface area contributed by atoms with Gasteiger partial charge in [-0.15, -0.1) is 0 Å². The Bertz CT molecular complexity index is 1040. The molecule has 1 atom stereocenters. The minimum atomic E-state index is -4.53. The predicted octanol–water partition coefficient (Wildman–Crippen LogP) is 5.03. The second-order valence-electron chi connectivity index (χ2n) is 8.78. The van der Waals surface area contributed by atoms with E-state index in [9.17, 15) is 18.0 Å². The minimum Gasteiger partial charge on any atom is -0.456 e. The number of rotatable bonds is 3. The SMILES string of the molecule is Cc1cc(C2=[NH+]C[C@@](c3cc(Cl)cc(Cl)c3)(C(F)(F)F)C2)ccc1C(=O)OC(C)(C)C. The molecule has 0 unspecified atom stereocenters. The molecule has 0 bridgehead atoms. The second kappa shape index (κ2) is 8.14. The van der Waals surface area contributed by atoms with E-state index in [1.807, 2.05) is 0 Å². The van der Waals surface area contributed by atoms with Gasteiger partial charge < -0.3 is 4.74 Å². The van der Waals surface area contributed by atoms with Gasteiger partial charge in [-0.05, 0) is 75.2 Å². The maximum Gasteiger partial charge on any atom is 0.405 e. The molecule has 2 aromatic carbocycles. The number of halogens is 5. The largest absolute Gasteiger partial charge is 0.456 e. The summed E-state index contributed by atoms with van der Waals surface area (Å²) in [6, 6.07) is 8.93. The molecule has 0 radical (unpaired) electrons. The number of nitrogens with one attached hydrogen (secondary N) is 1. The molecule has 3 nitrogen and oxygen atoms in total. The van der Waals surface area contributed by atoms with Crippen molar-refractivity contribution in [3.8, 4) is 0 Å². The maximum atomic E-state index is 14.3. The summed E-state index contributed by atoms with van der Waals surface area (Å²) >= 11 is 12.0. The average molecular weight is 473 g/mol. The van der Waals surface area contributed by atoms with Gasteiger partial charge in [0.05, 0.1) is 12.0 Å². The molecule has 2 aromatic rings. The number of carbonyl (C=O) groups excluding carboxylic acids is 1. The molecule has 0 spiro atoms. The van der Waals surface area contributed by atoms with Crippen molar-refractivity contribution in [2.45, 2.75) is 51.3 Å². The summed E-state index contributed by atoms with van der Waals surface area (Å²) in [4.78, 5) is 15.3. The van der Waals surface area contributed by atoms with Gasteiger partial charge in [0.2, 0.25) is 0 Å². The topological polar surface area (TPSA) is 40.3 Å². The van der Waals surface area contributed by atoms with Crippen LogP contribution in [0.4, 0.5) is 13.2 Å². The van der Waals surface area contributed by atoms with Gasteiger partial charge in [-0.25, -0.2) is 9.79 Å². The Hall–Kier alpha value is -2.05. The molecule has 3 rings (SSSR count). The van der Waals surface area contributed by atoms with E-state index >= 15 is 0 Å². The Balaban J connectivity index is 1.94. The van der Waals surface area contributed by atoms with Crippen LogP contribution in [0.3, 0.4) is 0 Å². The van der Waals surface area contributed by atoms with Gasteiger partial charge in [0.25, 0.3) is 0 Å². The third-order valence-electron chi connectivity index (χ3n) is 5.23. The summed E-state index contributed by atoms with van der Waals surface area (Å²) in [7, 11) is 0. The summed E-state index contributed by atoms with van der Waals surface area (Å²) in [5.74, 6) is -0.473. The molecule has 8 heteroatoms. The Kier molecular flexibility index (Phi) is 6.20. The lowest BCUT2D eigenvalue weighted by Crippen LogP contribution is -2.73. The fourth-order valence-corrected chi connectivity index (χ4v) is 4.23. The van der Waals surface area contributed by atoms with Crippen molar-refractivity contribution in [2.24, 2.45) is 0 Å². The number of hydrogen-bond acceptors (Lipinski definition) is 2. The van der Waals surface area contributed by atoms with Crippen LogP contribution in [0.25, 0.3) is 0 Å². The van der Waals surface area contributed by atoms with Crippen molar-refractivity contribution in [1.29, 1.82) is 0 Å². The van der Waals surface area contributed by atoms with E-state index in [1.54, 1.807) is 45.9 Å². The molecule has 0 saturated carbocycles. The van der Waals surface area contributed by atoms with Gasteiger partial charge in [0.1, 0.15) is 5.60 Å². The zero-order valence-corrected chi connectivity index (χ0v) is 19.1. The number of esters is 1. The highest BCUT2D eigenvalue weighted by molar-refractivity contribution is 6.34. The summed E-state index contributed by atoms with van der Waals surface area (Å²) < 4.78 is 48.2. The third kappa shape index (κ3) is 4.90. The minimum absolute atomic E-state index is 0.0158. The Morgan fingerprint density at radius 3 is 2.19 bits per heavy atom. The number of alkyl halides is 3. The fourth-order valence-electron chi connectivity index (χ4n) is 3.70. The van der Waals surface area contributed by atoms with Gasteiger partial charge in [-0.1, -0.05) is 23.2 Å². The first-order valence-electron chi connectivity index (χ1n) is 9.69. The number of benzene rings is 2. The molecule has 31 heavy (non-hydrogen) atoms. The van der Waals surface area contributed by atoms with Crippen LogP contribution in [0.5, 0.6) is 0 Å². The first-order chi connectivity index (χ1) is 14.2.